The SMILES string of the molecule is CCCCCCn1c(CS)nc2cc(OC)ccc21. The van der Waals surface area contributed by atoms with Crippen molar-refractivity contribution in [1.82, 2.24) is 9.55 Å². The highest BCUT2D eigenvalue weighted by Crippen LogP contribution is 2.23. The first-order valence-corrected chi connectivity index (χ1v) is 7.57. The van der Waals surface area contributed by atoms with Crippen LogP contribution in [-0.4, -0.2) is 16.7 Å². The summed E-state index contributed by atoms with van der Waals surface area (Å²) < 4.78 is 7.54. The topological polar surface area (TPSA) is 27.1 Å². The fourth-order valence-corrected chi connectivity index (χ4v) is 2.59. The molecular weight excluding hydrogens is 256 g/mol. The van der Waals surface area contributed by atoms with Gasteiger partial charge in [0.05, 0.1) is 18.1 Å². The number of hydrogen-bond donors (Lipinski definition) is 1. The molecule has 0 saturated carbocycles. The fraction of sp³-hybridized carbons (Fsp3) is 0.533. The third-order valence-electron chi connectivity index (χ3n) is 3.41. The number of aryl methyl sites for hydroxylation is 1. The van der Waals surface area contributed by atoms with Crippen LogP contribution in [0.5, 0.6) is 5.75 Å². The van der Waals surface area contributed by atoms with Crippen LogP contribution in [0.3, 0.4) is 0 Å². The molecule has 0 radical (unpaired) electrons. The summed E-state index contributed by atoms with van der Waals surface area (Å²) in [5.74, 6) is 2.57. The largest absolute Gasteiger partial charge is 0.497 e. The van der Waals surface area contributed by atoms with Gasteiger partial charge < -0.3 is 9.30 Å². The molecular formula is C15H22N2OS. The minimum atomic E-state index is 0.671. The van der Waals surface area contributed by atoms with Gasteiger partial charge in [-0.3, -0.25) is 0 Å². The number of imidazole rings is 1. The van der Waals surface area contributed by atoms with Crippen LogP contribution in [0.15, 0.2) is 18.2 Å². The summed E-state index contributed by atoms with van der Waals surface area (Å²) in [6, 6.07) is 6.08. The first kappa shape index (κ1) is 14.3. The van der Waals surface area contributed by atoms with Gasteiger partial charge in [-0.1, -0.05) is 26.2 Å². The lowest BCUT2D eigenvalue weighted by Gasteiger charge is -2.07. The van der Waals surface area contributed by atoms with E-state index in [1.54, 1.807) is 7.11 Å². The summed E-state index contributed by atoms with van der Waals surface area (Å²) in [7, 11) is 1.68. The summed E-state index contributed by atoms with van der Waals surface area (Å²) in [5.41, 5.74) is 2.18. The van der Waals surface area contributed by atoms with E-state index < -0.39 is 0 Å². The van der Waals surface area contributed by atoms with Gasteiger partial charge in [-0.2, -0.15) is 12.6 Å². The van der Waals surface area contributed by atoms with E-state index in [-0.39, 0.29) is 0 Å². The number of methoxy groups -OCH3 is 1. The number of hydrogen-bond acceptors (Lipinski definition) is 3. The molecule has 0 N–H and O–H groups in total. The van der Waals surface area contributed by atoms with Gasteiger partial charge >= 0.3 is 0 Å². The summed E-state index contributed by atoms with van der Waals surface area (Å²) in [6.45, 7) is 3.26. The first-order valence-electron chi connectivity index (χ1n) is 6.94. The van der Waals surface area contributed by atoms with Crippen molar-refractivity contribution in [2.45, 2.75) is 44.9 Å². The Morgan fingerprint density at radius 1 is 1.26 bits per heavy atom. The van der Waals surface area contributed by atoms with Gasteiger partial charge in [-0.25, -0.2) is 4.98 Å². The summed E-state index contributed by atoms with van der Waals surface area (Å²) in [4.78, 5) is 4.65. The maximum absolute atomic E-state index is 5.25. The van der Waals surface area contributed by atoms with E-state index >= 15 is 0 Å². The number of unbranched alkanes of at least 4 members (excludes halogenated alkanes) is 3. The zero-order chi connectivity index (χ0) is 13.7. The molecule has 3 nitrogen and oxygen atoms in total. The molecule has 0 unspecified atom stereocenters. The van der Waals surface area contributed by atoms with E-state index in [2.05, 4.69) is 35.2 Å². The average Bonchev–Trinajstić information content (AvgIpc) is 2.80. The number of nitrogens with zero attached hydrogens (tertiary/aromatic N) is 2. The standard InChI is InChI=1S/C15H22N2OS/c1-3-4-5-6-9-17-14-8-7-12(18-2)10-13(14)16-15(17)11-19/h7-8,10,19H,3-6,9,11H2,1-2H3. The van der Waals surface area contributed by atoms with Crippen molar-refractivity contribution < 1.29 is 4.74 Å². The van der Waals surface area contributed by atoms with Crippen molar-refractivity contribution in [3.63, 3.8) is 0 Å². The van der Waals surface area contributed by atoms with Crippen molar-refractivity contribution >= 4 is 23.7 Å². The Labute approximate surface area is 120 Å². The van der Waals surface area contributed by atoms with Crippen LogP contribution in [0.4, 0.5) is 0 Å². The number of benzene rings is 1. The average molecular weight is 278 g/mol. The summed E-state index contributed by atoms with van der Waals surface area (Å²) in [6.07, 6.45) is 5.04. The third kappa shape index (κ3) is 3.24. The Balaban J connectivity index is 2.24. The van der Waals surface area contributed by atoms with E-state index in [1.165, 1.54) is 31.2 Å². The molecule has 1 aromatic heterocycles. The smallest absolute Gasteiger partial charge is 0.121 e. The number of fused-ring (bicyclic) bond motifs is 1. The van der Waals surface area contributed by atoms with Crippen LogP contribution in [0.1, 0.15) is 38.4 Å². The maximum atomic E-state index is 5.25. The lowest BCUT2D eigenvalue weighted by atomic mass is 10.2. The van der Waals surface area contributed by atoms with Crippen molar-refractivity contribution in [3.05, 3.63) is 24.0 Å². The maximum Gasteiger partial charge on any atom is 0.121 e. The minimum absolute atomic E-state index is 0.671. The quantitative estimate of drug-likeness (QED) is 0.611. The normalized spacial score (nSPS) is 11.1. The Kier molecular flexibility index (Phi) is 5.14. The fourth-order valence-electron chi connectivity index (χ4n) is 2.35. The number of thiol groups is 1. The van der Waals surface area contributed by atoms with E-state index in [4.69, 9.17) is 4.74 Å². The van der Waals surface area contributed by atoms with E-state index in [0.717, 1.165) is 23.6 Å². The van der Waals surface area contributed by atoms with Gasteiger partial charge in [0, 0.05) is 18.4 Å². The summed E-state index contributed by atoms with van der Waals surface area (Å²) in [5, 5.41) is 0. The second-order valence-electron chi connectivity index (χ2n) is 4.75. The number of rotatable bonds is 7. The number of aromatic nitrogens is 2. The van der Waals surface area contributed by atoms with Crippen LogP contribution in [0, 0.1) is 0 Å². The van der Waals surface area contributed by atoms with E-state index in [0.29, 0.717) is 5.75 Å². The predicted octanol–water partition coefficient (Wildman–Crippen LogP) is 4.06. The highest BCUT2D eigenvalue weighted by molar-refractivity contribution is 7.79. The summed E-state index contributed by atoms with van der Waals surface area (Å²) >= 11 is 4.39. The number of ether oxygens (including phenoxy) is 1. The van der Waals surface area contributed by atoms with Crippen molar-refractivity contribution in [3.8, 4) is 5.75 Å². The van der Waals surface area contributed by atoms with Crippen molar-refractivity contribution in [1.29, 1.82) is 0 Å². The molecule has 1 heterocycles. The molecule has 0 amide bonds. The van der Waals surface area contributed by atoms with Crippen molar-refractivity contribution in [2.24, 2.45) is 0 Å². The molecule has 2 aromatic rings. The molecule has 0 atom stereocenters. The molecule has 104 valence electrons. The van der Waals surface area contributed by atoms with Gasteiger partial charge in [0.1, 0.15) is 11.6 Å². The molecule has 4 heteroatoms. The van der Waals surface area contributed by atoms with Gasteiger partial charge in [-0.15, -0.1) is 0 Å². The second kappa shape index (κ2) is 6.85. The van der Waals surface area contributed by atoms with Crippen molar-refractivity contribution in [2.75, 3.05) is 7.11 Å². The van der Waals surface area contributed by atoms with E-state index in [1.807, 2.05) is 12.1 Å². The zero-order valence-electron chi connectivity index (χ0n) is 11.7. The Bertz CT molecular complexity index is 536. The molecule has 0 spiro atoms. The highest BCUT2D eigenvalue weighted by atomic mass is 32.1. The zero-order valence-corrected chi connectivity index (χ0v) is 12.6. The molecule has 0 aliphatic carbocycles. The molecule has 0 saturated heterocycles. The van der Waals surface area contributed by atoms with Gasteiger partial charge in [-0.05, 0) is 18.6 Å². The Morgan fingerprint density at radius 3 is 2.79 bits per heavy atom. The Hall–Kier alpha value is -1.16. The molecule has 0 aliphatic rings. The van der Waals surface area contributed by atoms with Crippen LogP contribution in [-0.2, 0) is 12.3 Å². The van der Waals surface area contributed by atoms with Crippen LogP contribution < -0.4 is 4.74 Å². The molecule has 2 rings (SSSR count). The van der Waals surface area contributed by atoms with E-state index in [9.17, 15) is 0 Å². The van der Waals surface area contributed by atoms with Gasteiger partial charge in [0.25, 0.3) is 0 Å². The van der Waals surface area contributed by atoms with Crippen LogP contribution >= 0.6 is 12.6 Å². The predicted molar refractivity (Wildman–Crippen MR) is 83.1 cm³/mol. The highest BCUT2D eigenvalue weighted by Gasteiger charge is 2.10. The molecule has 0 fully saturated rings. The molecule has 0 aliphatic heterocycles. The molecule has 1 aromatic carbocycles. The van der Waals surface area contributed by atoms with Gasteiger partial charge in [0.15, 0.2) is 0 Å². The Morgan fingerprint density at radius 2 is 2.11 bits per heavy atom. The van der Waals surface area contributed by atoms with Crippen LogP contribution in [0.2, 0.25) is 0 Å². The lowest BCUT2D eigenvalue weighted by molar-refractivity contribution is 0.415. The third-order valence-corrected chi connectivity index (χ3v) is 3.69. The minimum Gasteiger partial charge on any atom is -0.497 e. The van der Waals surface area contributed by atoms with Gasteiger partial charge in [0.2, 0.25) is 0 Å². The lowest BCUT2D eigenvalue weighted by Crippen LogP contribution is -2.02. The molecule has 19 heavy (non-hydrogen) atoms. The van der Waals surface area contributed by atoms with Crippen LogP contribution in [0.25, 0.3) is 11.0 Å². The first-order chi connectivity index (χ1) is 9.30. The molecule has 0 bridgehead atoms. The second-order valence-corrected chi connectivity index (χ2v) is 5.07. The monoisotopic (exact) mass is 278 g/mol.